The molecule has 0 unspecified atom stereocenters. The van der Waals surface area contributed by atoms with Crippen LogP contribution >= 0.6 is 0 Å². The molecule has 9 aromatic rings. The number of benzene rings is 8. The minimum atomic E-state index is 0.901. The van der Waals surface area contributed by atoms with Gasteiger partial charge in [-0.2, -0.15) is 0 Å². The fraction of sp³-hybridized carbons (Fsp3) is 0. The molecule has 9 rings (SSSR count). The van der Waals surface area contributed by atoms with Crippen molar-refractivity contribution in [1.82, 2.24) is 0 Å². The molecular formula is C44H30N2O. The van der Waals surface area contributed by atoms with E-state index in [2.05, 4.69) is 180 Å². The van der Waals surface area contributed by atoms with E-state index in [1.165, 1.54) is 21.5 Å². The molecule has 3 nitrogen and oxygen atoms in total. The van der Waals surface area contributed by atoms with Crippen LogP contribution in [0, 0.1) is 0 Å². The molecule has 0 N–H and O–H groups in total. The van der Waals surface area contributed by atoms with Gasteiger partial charge in [-0.3, -0.25) is 0 Å². The molecule has 0 saturated carbocycles. The minimum Gasteiger partial charge on any atom is -0.456 e. The Labute approximate surface area is 273 Å². The zero-order valence-corrected chi connectivity index (χ0v) is 25.6. The second-order valence-corrected chi connectivity index (χ2v) is 11.8. The topological polar surface area (TPSA) is 19.6 Å². The number of anilines is 6. The van der Waals surface area contributed by atoms with Crippen LogP contribution in [0.25, 0.3) is 43.5 Å². The van der Waals surface area contributed by atoms with E-state index in [0.717, 1.165) is 56.1 Å². The van der Waals surface area contributed by atoms with E-state index >= 15 is 0 Å². The lowest BCUT2D eigenvalue weighted by Crippen LogP contribution is -2.12. The van der Waals surface area contributed by atoms with Crippen molar-refractivity contribution in [2.75, 3.05) is 9.80 Å². The number of nitrogens with zero attached hydrogens (tertiary/aromatic N) is 2. The van der Waals surface area contributed by atoms with Crippen molar-refractivity contribution in [3.8, 4) is 0 Å². The zero-order chi connectivity index (χ0) is 31.2. The Morgan fingerprint density at radius 3 is 1.43 bits per heavy atom. The molecule has 0 aliphatic carbocycles. The highest BCUT2D eigenvalue weighted by molar-refractivity contribution is 6.20. The Morgan fingerprint density at radius 2 is 0.787 bits per heavy atom. The van der Waals surface area contributed by atoms with Gasteiger partial charge in [-0.15, -0.1) is 0 Å². The highest BCUT2D eigenvalue weighted by Crippen LogP contribution is 2.45. The van der Waals surface area contributed by atoms with Crippen molar-refractivity contribution in [2.45, 2.75) is 0 Å². The van der Waals surface area contributed by atoms with Crippen LogP contribution in [0.5, 0.6) is 0 Å². The van der Waals surface area contributed by atoms with Crippen molar-refractivity contribution in [3.63, 3.8) is 0 Å². The Kier molecular flexibility index (Phi) is 6.46. The first-order valence-corrected chi connectivity index (χ1v) is 15.9. The van der Waals surface area contributed by atoms with Gasteiger partial charge >= 0.3 is 0 Å². The fourth-order valence-electron chi connectivity index (χ4n) is 6.84. The molecule has 222 valence electrons. The fourth-order valence-corrected chi connectivity index (χ4v) is 6.84. The third-order valence-electron chi connectivity index (χ3n) is 8.99. The summed E-state index contributed by atoms with van der Waals surface area (Å²) < 4.78 is 6.37. The van der Waals surface area contributed by atoms with Gasteiger partial charge in [0.2, 0.25) is 0 Å². The Balaban J connectivity index is 1.27. The summed E-state index contributed by atoms with van der Waals surface area (Å²) in [4.78, 5) is 4.67. The number of rotatable bonds is 6. The van der Waals surface area contributed by atoms with E-state index in [4.69, 9.17) is 4.42 Å². The lowest BCUT2D eigenvalue weighted by Gasteiger charge is -2.29. The van der Waals surface area contributed by atoms with E-state index in [-0.39, 0.29) is 0 Å². The molecule has 0 aliphatic rings. The van der Waals surface area contributed by atoms with Gasteiger partial charge in [-0.1, -0.05) is 97.1 Å². The van der Waals surface area contributed by atoms with Crippen molar-refractivity contribution in [2.24, 2.45) is 0 Å². The summed E-state index contributed by atoms with van der Waals surface area (Å²) in [5, 5.41) is 6.98. The van der Waals surface area contributed by atoms with Crippen molar-refractivity contribution < 1.29 is 4.42 Å². The predicted molar refractivity (Wildman–Crippen MR) is 198 cm³/mol. The smallest absolute Gasteiger partial charge is 0.136 e. The van der Waals surface area contributed by atoms with Gasteiger partial charge in [0.1, 0.15) is 11.2 Å². The third kappa shape index (κ3) is 4.68. The summed E-state index contributed by atoms with van der Waals surface area (Å²) in [5.41, 5.74) is 8.42. The van der Waals surface area contributed by atoms with Gasteiger partial charge in [0.15, 0.2) is 0 Å². The molecule has 0 aliphatic heterocycles. The first-order valence-electron chi connectivity index (χ1n) is 15.9. The highest BCUT2D eigenvalue weighted by Gasteiger charge is 2.20. The lowest BCUT2D eigenvalue weighted by molar-refractivity contribution is 0.669. The van der Waals surface area contributed by atoms with Gasteiger partial charge in [0.25, 0.3) is 0 Å². The molecule has 0 amide bonds. The summed E-state index contributed by atoms with van der Waals surface area (Å²) in [6.07, 6.45) is 0. The standard InChI is InChI=1S/C44H30N2O/c1-4-15-32(16-5-1)45(33-17-6-2-7-18-33)35-24-26-36(27-25-35)46(34-19-8-3-9-20-34)42-28-31-14-10-11-21-37(31)39-30-44-41(29-40(39)42)38-22-12-13-23-43(38)47-44/h1-30H. The van der Waals surface area contributed by atoms with E-state index in [1.54, 1.807) is 0 Å². The third-order valence-corrected chi connectivity index (χ3v) is 8.99. The van der Waals surface area contributed by atoms with Gasteiger partial charge < -0.3 is 14.2 Å². The molecule has 0 bridgehead atoms. The largest absolute Gasteiger partial charge is 0.456 e. The van der Waals surface area contributed by atoms with Crippen LogP contribution in [-0.2, 0) is 0 Å². The molecule has 3 heteroatoms. The number of hydrogen-bond acceptors (Lipinski definition) is 3. The number of furan rings is 1. The van der Waals surface area contributed by atoms with E-state index in [9.17, 15) is 0 Å². The van der Waals surface area contributed by atoms with Crippen LogP contribution < -0.4 is 9.80 Å². The molecule has 8 aromatic carbocycles. The summed E-state index contributed by atoms with van der Waals surface area (Å²) >= 11 is 0. The van der Waals surface area contributed by atoms with Crippen LogP contribution in [0.1, 0.15) is 0 Å². The number of para-hydroxylation sites is 4. The van der Waals surface area contributed by atoms with Crippen LogP contribution in [-0.4, -0.2) is 0 Å². The summed E-state index contributed by atoms with van der Waals surface area (Å²) in [6, 6.07) is 64.4. The molecule has 0 fully saturated rings. The zero-order valence-electron chi connectivity index (χ0n) is 25.6. The van der Waals surface area contributed by atoms with Gasteiger partial charge in [-0.25, -0.2) is 0 Å². The van der Waals surface area contributed by atoms with E-state index in [0.29, 0.717) is 0 Å². The second-order valence-electron chi connectivity index (χ2n) is 11.8. The first-order chi connectivity index (χ1) is 23.3. The maximum absolute atomic E-state index is 6.37. The maximum Gasteiger partial charge on any atom is 0.136 e. The predicted octanol–water partition coefficient (Wildman–Crippen LogP) is 12.8. The van der Waals surface area contributed by atoms with Crippen LogP contribution in [0.3, 0.4) is 0 Å². The summed E-state index contributed by atoms with van der Waals surface area (Å²) in [5.74, 6) is 0. The quantitative estimate of drug-likeness (QED) is 0.177. The maximum atomic E-state index is 6.37. The molecular weight excluding hydrogens is 572 g/mol. The molecule has 0 saturated heterocycles. The highest BCUT2D eigenvalue weighted by atomic mass is 16.3. The SMILES string of the molecule is c1ccc(N(c2ccccc2)c2ccc(N(c3ccccc3)c3cc4ccccc4c4cc5oc6ccccc6c5cc34)cc2)cc1. The number of hydrogen-bond donors (Lipinski definition) is 0. The van der Waals surface area contributed by atoms with Crippen molar-refractivity contribution in [3.05, 3.63) is 182 Å². The monoisotopic (exact) mass is 602 g/mol. The van der Waals surface area contributed by atoms with E-state index in [1.807, 2.05) is 12.1 Å². The van der Waals surface area contributed by atoms with Gasteiger partial charge in [0, 0.05) is 44.6 Å². The van der Waals surface area contributed by atoms with Gasteiger partial charge in [-0.05, 0) is 101 Å². The molecule has 0 radical (unpaired) electrons. The summed E-state index contributed by atoms with van der Waals surface area (Å²) in [6.45, 7) is 0. The van der Waals surface area contributed by atoms with Gasteiger partial charge in [0.05, 0.1) is 5.69 Å². The Hall–Kier alpha value is -6.32. The first kappa shape index (κ1) is 27.0. The lowest BCUT2D eigenvalue weighted by atomic mass is 9.97. The molecule has 47 heavy (non-hydrogen) atoms. The minimum absolute atomic E-state index is 0.901. The normalized spacial score (nSPS) is 11.4. The Morgan fingerprint density at radius 1 is 0.298 bits per heavy atom. The second kappa shape index (κ2) is 11.2. The number of fused-ring (bicyclic) bond motifs is 6. The van der Waals surface area contributed by atoms with Crippen LogP contribution in [0.4, 0.5) is 34.1 Å². The van der Waals surface area contributed by atoms with Crippen molar-refractivity contribution >= 4 is 77.6 Å². The molecule has 0 spiro atoms. The van der Waals surface area contributed by atoms with Crippen LogP contribution in [0.15, 0.2) is 186 Å². The summed E-state index contributed by atoms with van der Waals surface area (Å²) in [7, 11) is 0. The average Bonchev–Trinajstić information content (AvgIpc) is 3.51. The Bertz CT molecular complexity index is 2460. The van der Waals surface area contributed by atoms with E-state index < -0.39 is 0 Å². The molecule has 1 aromatic heterocycles. The molecule has 0 atom stereocenters. The molecule has 1 heterocycles. The van der Waals surface area contributed by atoms with Crippen LogP contribution in [0.2, 0.25) is 0 Å². The van der Waals surface area contributed by atoms with Crippen molar-refractivity contribution in [1.29, 1.82) is 0 Å². The average molecular weight is 603 g/mol.